The van der Waals surface area contributed by atoms with Crippen LogP contribution in [0.4, 0.5) is 0 Å². The first-order valence-corrected chi connectivity index (χ1v) is 5.27. The molecule has 2 aliphatic heterocycles. The number of carboxylic acids is 1. The lowest BCUT2D eigenvalue weighted by atomic mass is 9.89. The van der Waals surface area contributed by atoms with E-state index in [4.69, 9.17) is 9.84 Å². The first kappa shape index (κ1) is 9.93. The quantitative estimate of drug-likeness (QED) is 0.716. The van der Waals surface area contributed by atoms with E-state index < -0.39 is 5.97 Å². The lowest BCUT2D eigenvalue weighted by Gasteiger charge is -2.33. The summed E-state index contributed by atoms with van der Waals surface area (Å²) < 4.78 is 5.42. The number of hydrogen-bond donors (Lipinski definition) is 1. The van der Waals surface area contributed by atoms with Gasteiger partial charge in [0.2, 0.25) is 0 Å². The lowest BCUT2D eigenvalue weighted by molar-refractivity contribution is -0.137. The molecular weight excluding hydrogens is 182 g/mol. The number of ether oxygens (including phenoxy) is 1. The monoisotopic (exact) mass is 199 g/mol. The normalized spacial score (nSPS) is 32.9. The van der Waals surface area contributed by atoms with Gasteiger partial charge in [-0.2, -0.15) is 0 Å². The first-order chi connectivity index (χ1) is 6.75. The highest BCUT2D eigenvalue weighted by Crippen LogP contribution is 2.29. The lowest BCUT2D eigenvalue weighted by Crippen LogP contribution is -2.40. The third kappa shape index (κ3) is 2.25. The second kappa shape index (κ2) is 4.28. The number of carboxylic acid groups (broad SMARTS) is 1. The Morgan fingerprint density at radius 3 is 3.00 bits per heavy atom. The van der Waals surface area contributed by atoms with Crippen molar-refractivity contribution >= 4 is 5.97 Å². The van der Waals surface area contributed by atoms with Gasteiger partial charge < -0.3 is 14.7 Å². The van der Waals surface area contributed by atoms with Crippen LogP contribution in [-0.4, -0.2) is 48.8 Å². The highest BCUT2D eigenvalue weighted by atomic mass is 16.5. The third-order valence-electron chi connectivity index (χ3n) is 3.28. The zero-order valence-electron chi connectivity index (χ0n) is 8.32. The van der Waals surface area contributed by atoms with E-state index in [1.54, 1.807) is 0 Å². The maximum atomic E-state index is 10.4. The van der Waals surface area contributed by atoms with Crippen LogP contribution in [0.1, 0.15) is 12.8 Å². The van der Waals surface area contributed by atoms with Crippen LogP contribution in [0.3, 0.4) is 0 Å². The molecule has 0 bridgehead atoms. The molecule has 14 heavy (non-hydrogen) atoms. The van der Waals surface area contributed by atoms with Crippen LogP contribution in [0.25, 0.3) is 0 Å². The molecule has 0 aromatic carbocycles. The van der Waals surface area contributed by atoms with Crippen LogP contribution in [0, 0.1) is 11.8 Å². The van der Waals surface area contributed by atoms with E-state index in [1.165, 1.54) is 6.42 Å². The van der Waals surface area contributed by atoms with Crippen LogP contribution in [0.2, 0.25) is 0 Å². The number of carbonyl (C=O) groups is 1. The molecule has 0 aromatic heterocycles. The fourth-order valence-electron chi connectivity index (χ4n) is 2.39. The number of likely N-dealkylation sites (tertiary alicyclic amines) is 1. The minimum Gasteiger partial charge on any atom is -0.481 e. The van der Waals surface area contributed by atoms with Crippen molar-refractivity contribution in [2.45, 2.75) is 12.8 Å². The van der Waals surface area contributed by atoms with Crippen molar-refractivity contribution in [1.82, 2.24) is 4.90 Å². The smallest absolute Gasteiger partial charge is 0.304 e. The Hall–Kier alpha value is -0.610. The van der Waals surface area contributed by atoms with Crippen molar-refractivity contribution in [2.75, 3.05) is 32.8 Å². The highest BCUT2D eigenvalue weighted by molar-refractivity contribution is 5.66. The molecule has 0 aromatic rings. The Bertz CT molecular complexity index is 219. The number of hydrogen-bond acceptors (Lipinski definition) is 3. The predicted molar refractivity (Wildman–Crippen MR) is 51.1 cm³/mol. The topological polar surface area (TPSA) is 49.8 Å². The van der Waals surface area contributed by atoms with Gasteiger partial charge in [-0.3, -0.25) is 4.79 Å². The summed E-state index contributed by atoms with van der Waals surface area (Å²) in [5, 5.41) is 8.58. The Kier molecular flexibility index (Phi) is 3.03. The molecule has 0 aliphatic carbocycles. The molecule has 4 heteroatoms. The van der Waals surface area contributed by atoms with E-state index in [-0.39, 0.29) is 6.42 Å². The summed E-state index contributed by atoms with van der Waals surface area (Å²) in [6, 6.07) is 0. The molecule has 0 spiro atoms. The zero-order chi connectivity index (χ0) is 9.97. The number of aliphatic carboxylic acids is 1. The second-order valence-corrected chi connectivity index (χ2v) is 4.29. The largest absolute Gasteiger partial charge is 0.481 e. The molecule has 2 fully saturated rings. The number of nitrogens with zero attached hydrogens (tertiary/aromatic N) is 1. The molecule has 4 nitrogen and oxygen atoms in total. The molecule has 2 atom stereocenters. The van der Waals surface area contributed by atoms with Crippen LogP contribution in [0.15, 0.2) is 0 Å². The van der Waals surface area contributed by atoms with E-state index in [2.05, 4.69) is 4.90 Å². The summed E-state index contributed by atoms with van der Waals surface area (Å²) in [6.45, 7) is 4.54. The Balaban J connectivity index is 1.77. The van der Waals surface area contributed by atoms with Gasteiger partial charge in [0.15, 0.2) is 0 Å². The second-order valence-electron chi connectivity index (χ2n) is 4.29. The van der Waals surface area contributed by atoms with Gasteiger partial charge >= 0.3 is 5.97 Å². The van der Waals surface area contributed by atoms with Gasteiger partial charge in [-0.15, -0.1) is 0 Å². The van der Waals surface area contributed by atoms with Gasteiger partial charge in [0.05, 0.1) is 13.0 Å². The molecule has 2 unspecified atom stereocenters. The summed E-state index contributed by atoms with van der Waals surface area (Å²) in [5.41, 5.74) is 0. The van der Waals surface area contributed by atoms with Crippen molar-refractivity contribution in [3.63, 3.8) is 0 Å². The van der Waals surface area contributed by atoms with Crippen molar-refractivity contribution in [3.05, 3.63) is 0 Å². The van der Waals surface area contributed by atoms with Gasteiger partial charge in [-0.1, -0.05) is 0 Å². The SMILES string of the molecule is O=C(O)CCN1CCC2COCC2C1. The first-order valence-electron chi connectivity index (χ1n) is 5.27. The summed E-state index contributed by atoms with van der Waals surface area (Å²) in [6.07, 6.45) is 1.43. The highest BCUT2D eigenvalue weighted by Gasteiger charge is 2.33. The minimum absolute atomic E-state index is 0.262. The number of piperidine rings is 1. The van der Waals surface area contributed by atoms with Crippen LogP contribution in [0.5, 0.6) is 0 Å². The fourth-order valence-corrected chi connectivity index (χ4v) is 2.39. The molecule has 2 rings (SSSR count). The van der Waals surface area contributed by atoms with E-state index >= 15 is 0 Å². The zero-order valence-corrected chi connectivity index (χ0v) is 8.32. The molecule has 2 aliphatic rings. The molecular formula is C10H17NO3. The van der Waals surface area contributed by atoms with Crippen LogP contribution >= 0.6 is 0 Å². The average molecular weight is 199 g/mol. The summed E-state index contributed by atoms with van der Waals surface area (Å²) >= 11 is 0. The van der Waals surface area contributed by atoms with E-state index in [1.807, 2.05) is 0 Å². The average Bonchev–Trinajstić information content (AvgIpc) is 2.61. The molecule has 1 N–H and O–H groups in total. The van der Waals surface area contributed by atoms with Crippen LogP contribution in [-0.2, 0) is 9.53 Å². The van der Waals surface area contributed by atoms with Crippen molar-refractivity contribution in [3.8, 4) is 0 Å². The maximum Gasteiger partial charge on any atom is 0.304 e. The van der Waals surface area contributed by atoms with Gasteiger partial charge in [-0.25, -0.2) is 0 Å². The molecule has 80 valence electrons. The minimum atomic E-state index is -0.699. The van der Waals surface area contributed by atoms with E-state index in [0.29, 0.717) is 12.5 Å². The Morgan fingerprint density at radius 1 is 1.43 bits per heavy atom. The summed E-state index contributed by atoms with van der Waals surface area (Å²) in [7, 11) is 0. The standard InChI is InChI=1S/C10H17NO3/c12-10(13)2-4-11-3-1-8-6-14-7-9(8)5-11/h8-9H,1-7H2,(H,12,13). The van der Waals surface area contributed by atoms with Crippen molar-refractivity contribution < 1.29 is 14.6 Å². The molecule has 2 saturated heterocycles. The van der Waals surface area contributed by atoms with Crippen molar-refractivity contribution in [1.29, 1.82) is 0 Å². The third-order valence-corrected chi connectivity index (χ3v) is 3.28. The number of fused-ring (bicyclic) bond motifs is 1. The Morgan fingerprint density at radius 2 is 2.21 bits per heavy atom. The van der Waals surface area contributed by atoms with Crippen LogP contribution < -0.4 is 0 Å². The molecule has 0 saturated carbocycles. The van der Waals surface area contributed by atoms with Gasteiger partial charge in [0.25, 0.3) is 0 Å². The van der Waals surface area contributed by atoms with E-state index in [0.717, 1.165) is 32.2 Å². The maximum absolute atomic E-state index is 10.4. The molecule has 0 amide bonds. The fraction of sp³-hybridized carbons (Fsp3) is 0.900. The van der Waals surface area contributed by atoms with E-state index in [9.17, 15) is 4.79 Å². The Labute approximate surface area is 83.8 Å². The number of rotatable bonds is 3. The summed E-state index contributed by atoms with van der Waals surface area (Å²) in [5.74, 6) is 0.684. The molecule has 2 heterocycles. The van der Waals surface area contributed by atoms with Crippen molar-refractivity contribution in [2.24, 2.45) is 11.8 Å². The van der Waals surface area contributed by atoms with Gasteiger partial charge in [-0.05, 0) is 18.9 Å². The predicted octanol–water partition coefficient (Wildman–Crippen LogP) is 0.429. The molecule has 0 radical (unpaired) electrons. The van der Waals surface area contributed by atoms with Gasteiger partial charge in [0.1, 0.15) is 0 Å². The summed E-state index contributed by atoms with van der Waals surface area (Å²) in [4.78, 5) is 12.7. The van der Waals surface area contributed by atoms with Gasteiger partial charge in [0, 0.05) is 25.6 Å².